The second-order valence-corrected chi connectivity index (χ2v) is 10.5. The second kappa shape index (κ2) is 5.28. The van der Waals surface area contributed by atoms with Gasteiger partial charge in [-0.15, -0.1) is 0 Å². The van der Waals surface area contributed by atoms with Gasteiger partial charge in [0.15, 0.2) is 17.6 Å². The van der Waals surface area contributed by atoms with Gasteiger partial charge in [0, 0.05) is 35.5 Å². The zero-order chi connectivity index (χ0) is 20.5. The number of aromatic nitrogens is 1. The zero-order valence-corrected chi connectivity index (χ0v) is 17.4. The Labute approximate surface area is 180 Å². The molecule has 2 aromatic carbocycles. The van der Waals surface area contributed by atoms with E-state index in [-0.39, 0.29) is 17.9 Å². The standard InChI is InChI=1S/C26H26N2O3/c29-19-8-7-15-11-20-26(30)12-17-16-3-1-2-4-18(16)27-22(17)24-25(26,21(15)23(19)31-24)9-10-28(20)13-14-5-6-14/h1-4,7-8,14,20,24,27,29-30H,5-6,9-13H2/t20?,24-,25+,26-/m1/s1. The first-order valence-electron chi connectivity index (χ1n) is 11.7. The van der Waals surface area contributed by atoms with E-state index >= 15 is 0 Å². The fraction of sp³-hybridized carbons (Fsp3) is 0.462. The predicted octanol–water partition coefficient (Wildman–Crippen LogP) is 3.57. The fourth-order valence-electron chi connectivity index (χ4n) is 7.57. The van der Waals surface area contributed by atoms with Crippen LogP contribution in [-0.2, 0) is 18.3 Å². The third kappa shape index (κ3) is 1.84. The highest BCUT2D eigenvalue weighted by molar-refractivity contribution is 5.86. The van der Waals surface area contributed by atoms with Gasteiger partial charge < -0.3 is 19.9 Å². The Bertz CT molecular complexity index is 1280. The summed E-state index contributed by atoms with van der Waals surface area (Å²) in [5.41, 5.74) is 4.27. The van der Waals surface area contributed by atoms with Crippen molar-refractivity contribution in [1.29, 1.82) is 0 Å². The number of rotatable bonds is 2. The molecule has 1 saturated heterocycles. The highest BCUT2D eigenvalue weighted by Gasteiger charge is 2.72. The van der Waals surface area contributed by atoms with Crippen LogP contribution in [0, 0.1) is 5.92 Å². The summed E-state index contributed by atoms with van der Waals surface area (Å²) >= 11 is 0. The molecule has 8 rings (SSSR count). The molecule has 1 unspecified atom stereocenters. The van der Waals surface area contributed by atoms with E-state index in [0.29, 0.717) is 12.2 Å². The topological polar surface area (TPSA) is 68.7 Å². The van der Waals surface area contributed by atoms with E-state index in [1.807, 2.05) is 6.07 Å². The third-order valence-corrected chi connectivity index (χ3v) is 9.07. The smallest absolute Gasteiger partial charge is 0.166 e. The van der Waals surface area contributed by atoms with Crippen LogP contribution in [0.3, 0.4) is 0 Å². The third-order valence-electron chi connectivity index (χ3n) is 9.07. The Balaban J connectivity index is 1.43. The molecule has 3 N–H and O–H groups in total. The van der Waals surface area contributed by atoms with Gasteiger partial charge in [0.05, 0.1) is 16.7 Å². The Morgan fingerprint density at radius 3 is 2.90 bits per heavy atom. The molecular weight excluding hydrogens is 388 g/mol. The lowest BCUT2D eigenvalue weighted by Gasteiger charge is -2.62. The molecule has 4 atom stereocenters. The van der Waals surface area contributed by atoms with Crippen LogP contribution in [-0.4, -0.2) is 44.8 Å². The number of ether oxygens (including phenoxy) is 1. The second-order valence-electron chi connectivity index (χ2n) is 10.5. The van der Waals surface area contributed by atoms with Crippen LogP contribution in [0.15, 0.2) is 36.4 Å². The minimum absolute atomic E-state index is 0.0813. The van der Waals surface area contributed by atoms with Crippen molar-refractivity contribution in [2.45, 2.75) is 55.3 Å². The van der Waals surface area contributed by atoms with E-state index in [2.05, 4.69) is 34.1 Å². The van der Waals surface area contributed by atoms with Crippen molar-refractivity contribution < 1.29 is 14.9 Å². The van der Waals surface area contributed by atoms with E-state index in [1.54, 1.807) is 6.07 Å². The molecule has 2 fully saturated rings. The van der Waals surface area contributed by atoms with Gasteiger partial charge in [-0.1, -0.05) is 24.3 Å². The molecule has 5 aliphatic rings. The number of aromatic hydroxyl groups is 1. The van der Waals surface area contributed by atoms with Gasteiger partial charge >= 0.3 is 0 Å². The number of likely N-dealkylation sites (tertiary alicyclic amines) is 1. The average Bonchev–Trinajstić information content (AvgIpc) is 3.40. The van der Waals surface area contributed by atoms with Gasteiger partial charge in [-0.3, -0.25) is 4.90 Å². The Morgan fingerprint density at radius 1 is 1.16 bits per heavy atom. The quantitative estimate of drug-likeness (QED) is 0.600. The summed E-state index contributed by atoms with van der Waals surface area (Å²) < 4.78 is 6.60. The molecule has 31 heavy (non-hydrogen) atoms. The summed E-state index contributed by atoms with van der Waals surface area (Å²) in [7, 11) is 0. The van der Waals surface area contributed by atoms with Gasteiger partial charge in [0.1, 0.15) is 0 Å². The Hall–Kier alpha value is -2.50. The number of aromatic amines is 1. The minimum Gasteiger partial charge on any atom is -0.504 e. The summed E-state index contributed by atoms with van der Waals surface area (Å²) in [6.07, 6.45) is 4.66. The monoisotopic (exact) mass is 414 g/mol. The summed E-state index contributed by atoms with van der Waals surface area (Å²) in [5, 5.41) is 24.6. The molecule has 3 aromatic rings. The van der Waals surface area contributed by atoms with E-state index in [1.165, 1.54) is 29.4 Å². The zero-order valence-electron chi connectivity index (χ0n) is 17.4. The maximum Gasteiger partial charge on any atom is 0.166 e. The molecule has 2 bridgehead atoms. The van der Waals surface area contributed by atoms with Crippen LogP contribution in [0.5, 0.6) is 11.5 Å². The molecule has 3 heterocycles. The number of hydrogen-bond acceptors (Lipinski definition) is 4. The first kappa shape index (κ1) is 17.1. The van der Waals surface area contributed by atoms with Crippen molar-refractivity contribution in [1.82, 2.24) is 9.88 Å². The van der Waals surface area contributed by atoms with Crippen LogP contribution in [0.2, 0.25) is 0 Å². The first-order valence-corrected chi connectivity index (χ1v) is 11.7. The molecule has 0 radical (unpaired) electrons. The van der Waals surface area contributed by atoms with Crippen molar-refractivity contribution in [2.24, 2.45) is 5.92 Å². The predicted molar refractivity (Wildman–Crippen MR) is 117 cm³/mol. The van der Waals surface area contributed by atoms with Crippen LogP contribution in [0.4, 0.5) is 0 Å². The van der Waals surface area contributed by atoms with Gasteiger partial charge in [-0.25, -0.2) is 0 Å². The molecule has 1 aromatic heterocycles. The lowest BCUT2D eigenvalue weighted by molar-refractivity contribution is -0.173. The van der Waals surface area contributed by atoms with Crippen LogP contribution in [0.25, 0.3) is 10.9 Å². The minimum atomic E-state index is -0.908. The fourth-order valence-corrected chi connectivity index (χ4v) is 7.57. The maximum atomic E-state index is 12.7. The average molecular weight is 415 g/mol. The number of phenols is 1. The molecule has 1 saturated carbocycles. The van der Waals surface area contributed by atoms with Crippen LogP contribution < -0.4 is 4.74 Å². The van der Waals surface area contributed by atoms with Crippen molar-refractivity contribution in [3.05, 3.63) is 58.8 Å². The number of nitrogens with one attached hydrogen (secondary N) is 1. The number of nitrogens with zero attached hydrogens (tertiary/aromatic N) is 1. The number of fused-ring (bicyclic) bond motifs is 4. The van der Waals surface area contributed by atoms with E-state index in [9.17, 15) is 10.2 Å². The molecular formula is C26H26N2O3. The molecule has 5 nitrogen and oxygen atoms in total. The Kier molecular flexibility index (Phi) is 2.91. The number of hydrogen-bond donors (Lipinski definition) is 3. The summed E-state index contributed by atoms with van der Waals surface area (Å²) in [6.45, 7) is 2.07. The van der Waals surface area contributed by atoms with E-state index in [4.69, 9.17) is 4.74 Å². The van der Waals surface area contributed by atoms with Gasteiger partial charge in [-0.05, 0) is 61.4 Å². The maximum absolute atomic E-state index is 12.7. The van der Waals surface area contributed by atoms with Gasteiger partial charge in [0.2, 0.25) is 0 Å². The summed E-state index contributed by atoms with van der Waals surface area (Å²) in [6, 6.07) is 12.3. The summed E-state index contributed by atoms with van der Waals surface area (Å²) in [4.78, 5) is 6.22. The van der Waals surface area contributed by atoms with Crippen LogP contribution >= 0.6 is 0 Å². The molecule has 2 aliphatic heterocycles. The highest BCUT2D eigenvalue weighted by Crippen LogP contribution is 2.69. The summed E-state index contributed by atoms with van der Waals surface area (Å²) in [5.74, 6) is 1.58. The number of H-pyrrole nitrogens is 1. The lowest BCUT2D eigenvalue weighted by Crippen LogP contribution is -2.74. The van der Waals surface area contributed by atoms with Crippen molar-refractivity contribution >= 4 is 10.9 Å². The van der Waals surface area contributed by atoms with Crippen molar-refractivity contribution in [3.63, 3.8) is 0 Å². The molecule has 5 heteroatoms. The van der Waals surface area contributed by atoms with E-state index in [0.717, 1.165) is 48.6 Å². The molecule has 158 valence electrons. The van der Waals surface area contributed by atoms with Crippen molar-refractivity contribution in [2.75, 3.05) is 13.1 Å². The van der Waals surface area contributed by atoms with Crippen molar-refractivity contribution in [3.8, 4) is 11.5 Å². The highest BCUT2D eigenvalue weighted by atomic mass is 16.5. The number of para-hydroxylation sites is 1. The SMILES string of the molecule is Oc1ccc2c3c1O[C@@H]1c4[nH]c5ccccc5c4C[C@@]4(O)C(C2)N(CC2CC2)CC[C@]314. The molecule has 0 amide bonds. The first-order chi connectivity index (χ1) is 15.1. The number of piperidine rings is 1. The Morgan fingerprint density at radius 2 is 2.03 bits per heavy atom. The van der Waals surface area contributed by atoms with E-state index < -0.39 is 11.0 Å². The number of phenolic OH excluding ortho intramolecular Hbond substituents is 1. The number of benzene rings is 2. The number of aliphatic hydroxyl groups is 1. The van der Waals surface area contributed by atoms with Gasteiger partial charge in [-0.2, -0.15) is 0 Å². The van der Waals surface area contributed by atoms with Gasteiger partial charge in [0.25, 0.3) is 0 Å². The largest absolute Gasteiger partial charge is 0.504 e. The normalized spacial score (nSPS) is 35.0. The molecule has 1 spiro atoms. The molecule has 3 aliphatic carbocycles. The van der Waals surface area contributed by atoms with Crippen LogP contribution in [0.1, 0.15) is 47.8 Å². The lowest BCUT2D eigenvalue weighted by atomic mass is 9.49.